The van der Waals surface area contributed by atoms with E-state index in [0.717, 1.165) is 17.1 Å². The van der Waals surface area contributed by atoms with E-state index in [1.807, 2.05) is 48.5 Å². The first kappa shape index (κ1) is 12.6. The summed E-state index contributed by atoms with van der Waals surface area (Å²) in [4.78, 5) is 1.18. The summed E-state index contributed by atoms with van der Waals surface area (Å²) in [6.07, 6.45) is 0. The lowest BCUT2D eigenvalue weighted by Crippen LogP contribution is -1.82. The second-order valence-corrected chi connectivity index (χ2v) is 4.68. The summed E-state index contributed by atoms with van der Waals surface area (Å²) >= 11 is 1.72. The van der Waals surface area contributed by atoms with Gasteiger partial charge in [-0.3, -0.25) is 0 Å². The van der Waals surface area contributed by atoms with E-state index in [4.69, 9.17) is 4.74 Å². The summed E-state index contributed by atoms with van der Waals surface area (Å²) in [6.45, 7) is 0. The lowest BCUT2D eigenvalue weighted by Gasteiger charge is -2.01. The molecule has 0 amide bonds. The van der Waals surface area contributed by atoms with E-state index in [2.05, 4.69) is 17.9 Å². The van der Waals surface area contributed by atoms with Gasteiger partial charge in [-0.15, -0.1) is 11.8 Å². The summed E-state index contributed by atoms with van der Waals surface area (Å²) in [5.41, 5.74) is 1.06. The Morgan fingerprint density at radius 3 is 2.67 bits per heavy atom. The second kappa shape index (κ2) is 6.78. The molecule has 0 aliphatic heterocycles. The molecule has 0 radical (unpaired) electrons. The molecule has 0 spiro atoms. The molecule has 0 atom stereocenters. The van der Waals surface area contributed by atoms with Gasteiger partial charge in [0.05, 0.1) is 12.9 Å². The maximum atomic E-state index is 5.18. The van der Waals surface area contributed by atoms with E-state index >= 15 is 0 Å². The standard InChI is InChI=1S/C16H14OS/c1-17-15-10-5-11-16(13-15)18-12-6-9-14-7-3-2-4-8-14/h2-5,7-8,10-11,13H,12H2,1H3. The highest BCUT2D eigenvalue weighted by atomic mass is 32.2. The minimum absolute atomic E-state index is 0.780. The van der Waals surface area contributed by atoms with E-state index in [0.29, 0.717) is 0 Å². The molecule has 0 aliphatic rings. The first-order valence-corrected chi connectivity index (χ1v) is 6.68. The molecular weight excluding hydrogens is 240 g/mol. The number of rotatable bonds is 3. The van der Waals surface area contributed by atoms with Crippen molar-refractivity contribution >= 4 is 11.8 Å². The highest BCUT2D eigenvalue weighted by Crippen LogP contribution is 2.22. The molecule has 2 aromatic rings. The molecule has 2 rings (SSSR count). The summed E-state index contributed by atoms with van der Waals surface area (Å²) in [5.74, 6) is 7.97. The molecule has 0 unspecified atom stereocenters. The van der Waals surface area contributed by atoms with Crippen molar-refractivity contribution < 1.29 is 4.74 Å². The Labute approximate surface area is 112 Å². The molecule has 90 valence electrons. The Kier molecular flexibility index (Phi) is 4.75. The number of hydrogen-bond acceptors (Lipinski definition) is 2. The Hall–Kier alpha value is -1.85. The summed E-state index contributed by atoms with van der Waals surface area (Å²) in [7, 11) is 1.68. The van der Waals surface area contributed by atoms with E-state index in [9.17, 15) is 0 Å². The molecule has 1 nitrogen and oxygen atoms in total. The van der Waals surface area contributed by atoms with Gasteiger partial charge in [0.15, 0.2) is 0 Å². The summed E-state index contributed by atoms with van der Waals surface area (Å²) in [5, 5.41) is 0. The molecule has 0 N–H and O–H groups in total. The van der Waals surface area contributed by atoms with Crippen LogP contribution in [0, 0.1) is 11.8 Å². The first-order valence-electron chi connectivity index (χ1n) is 5.69. The Bertz CT molecular complexity index is 552. The van der Waals surface area contributed by atoms with Crippen LogP contribution in [-0.2, 0) is 0 Å². The van der Waals surface area contributed by atoms with Crippen LogP contribution in [0.25, 0.3) is 0 Å². The van der Waals surface area contributed by atoms with Crippen molar-refractivity contribution in [2.45, 2.75) is 4.90 Å². The maximum absolute atomic E-state index is 5.18. The molecule has 0 saturated heterocycles. The molecule has 2 heteroatoms. The van der Waals surface area contributed by atoms with Crippen molar-refractivity contribution in [3.63, 3.8) is 0 Å². The van der Waals surface area contributed by atoms with Crippen LogP contribution >= 0.6 is 11.8 Å². The van der Waals surface area contributed by atoms with E-state index in [1.165, 1.54) is 4.90 Å². The van der Waals surface area contributed by atoms with Gasteiger partial charge in [-0.25, -0.2) is 0 Å². The van der Waals surface area contributed by atoms with Crippen molar-refractivity contribution in [2.24, 2.45) is 0 Å². The predicted octanol–water partition coefficient (Wildman–Crippen LogP) is 3.84. The van der Waals surface area contributed by atoms with Gasteiger partial charge in [-0.05, 0) is 30.3 Å². The van der Waals surface area contributed by atoms with Gasteiger partial charge in [-0.2, -0.15) is 0 Å². The molecule has 0 bridgehead atoms. The lowest BCUT2D eigenvalue weighted by atomic mass is 10.2. The molecular formula is C16H14OS. The average molecular weight is 254 g/mol. The SMILES string of the molecule is COc1cccc(SCC#Cc2ccccc2)c1. The Morgan fingerprint density at radius 2 is 1.89 bits per heavy atom. The van der Waals surface area contributed by atoms with Gasteiger partial charge in [0.2, 0.25) is 0 Å². The lowest BCUT2D eigenvalue weighted by molar-refractivity contribution is 0.413. The van der Waals surface area contributed by atoms with E-state index in [1.54, 1.807) is 18.9 Å². The fourth-order valence-electron chi connectivity index (χ4n) is 1.47. The van der Waals surface area contributed by atoms with Crippen LogP contribution in [0.5, 0.6) is 5.75 Å². The number of thioether (sulfide) groups is 1. The van der Waals surface area contributed by atoms with E-state index < -0.39 is 0 Å². The summed E-state index contributed by atoms with van der Waals surface area (Å²) in [6, 6.07) is 18.1. The second-order valence-electron chi connectivity index (χ2n) is 3.64. The zero-order valence-electron chi connectivity index (χ0n) is 10.2. The third kappa shape index (κ3) is 3.87. The zero-order valence-corrected chi connectivity index (χ0v) is 11.0. The molecule has 0 fully saturated rings. The molecule has 2 aromatic carbocycles. The maximum Gasteiger partial charge on any atom is 0.119 e. The molecule has 18 heavy (non-hydrogen) atoms. The monoisotopic (exact) mass is 254 g/mol. The van der Waals surface area contributed by atoms with Gasteiger partial charge in [0, 0.05) is 10.5 Å². The number of hydrogen-bond donors (Lipinski definition) is 0. The molecule has 0 aromatic heterocycles. The van der Waals surface area contributed by atoms with Crippen molar-refractivity contribution in [3.05, 3.63) is 60.2 Å². The number of methoxy groups -OCH3 is 1. The highest BCUT2D eigenvalue weighted by Gasteiger charge is 1.94. The van der Waals surface area contributed by atoms with Crippen molar-refractivity contribution in [2.75, 3.05) is 12.9 Å². The minimum Gasteiger partial charge on any atom is -0.497 e. The Balaban J connectivity index is 1.91. The van der Waals surface area contributed by atoms with Gasteiger partial charge < -0.3 is 4.74 Å². The highest BCUT2D eigenvalue weighted by molar-refractivity contribution is 7.99. The largest absolute Gasteiger partial charge is 0.497 e. The van der Waals surface area contributed by atoms with E-state index in [-0.39, 0.29) is 0 Å². The van der Waals surface area contributed by atoms with Crippen LogP contribution in [0.1, 0.15) is 5.56 Å². The van der Waals surface area contributed by atoms with Gasteiger partial charge in [-0.1, -0.05) is 36.1 Å². The average Bonchev–Trinajstić information content (AvgIpc) is 2.45. The van der Waals surface area contributed by atoms with Crippen LogP contribution < -0.4 is 4.74 Å². The quantitative estimate of drug-likeness (QED) is 0.608. The Morgan fingerprint density at radius 1 is 1.06 bits per heavy atom. The molecule has 0 saturated carbocycles. The fourth-order valence-corrected chi connectivity index (χ4v) is 2.16. The zero-order chi connectivity index (χ0) is 12.6. The predicted molar refractivity (Wildman–Crippen MR) is 77.0 cm³/mol. The first-order chi connectivity index (χ1) is 8.88. The minimum atomic E-state index is 0.780. The molecule has 0 aliphatic carbocycles. The molecule has 0 heterocycles. The normalized spacial score (nSPS) is 9.39. The van der Waals surface area contributed by atoms with Gasteiger partial charge in [0.1, 0.15) is 5.75 Å². The van der Waals surface area contributed by atoms with Crippen molar-refractivity contribution in [1.29, 1.82) is 0 Å². The van der Waals surface area contributed by atoms with Crippen molar-refractivity contribution in [3.8, 4) is 17.6 Å². The number of ether oxygens (including phenoxy) is 1. The third-order valence-corrected chi connectivity index (χ3v) is 3.23. The number of benzene rings is 2. The van der Waals surface area contributed by atoms with Crippen LogP contribution in [0.3, 0.4) is 0 Å². The third-order valence-electron chi connectivity index (χ3n) is 2.36. The van der Waals surface area contributed by atoms with Crippen LogP contribution in [-0.4, -0.2) is 12.9 Å². The van der Waals surface area contributed by atoms with Crippen LogP contribution in [0.15, 0.2) is 59.5 Å². The van der Waals surface area contributed by atoms with Crippen molar-refractivity contribution in [1.82, 2.24) is 0 Å². The smallest absolute Gasteiger partial charge is 0.119 e. The fraction of sp³-hybridized carbons (Fsp3) is 0.125. The van der Waals surface area contributed by atoms with Crippen LogP contribution in [0.4, 0.5) is 0 Å². The summed E-state index contributed by atoms with van der Waals surface area (Å²) < 4.78 is 5.18. The van der Waals surface area contributed by atoms with Gasteiger partial charge in [0.25, 0.3) is 0 Å². The topological polar surface area (TPSA) is 9.23 Å². The van der Waals surface area contributed by atoms with Gasteiger partial charge >= 0.3 is 0 Å². The van der Waals surface area contributed by atoms with Crippen LogP contribution in [0.2, 0.25) is 0 Å².